The van der Waals surface area contributed by atoms with Gasteiger partial charge in [-0.2, -0.15) is 0 Å². The Hall–Kier alpha value is -0.680. The lowest BCUT2D eigenvalue weighted by atomic mass is 9.88. The van der Waals surface area contributed by atoms with Gasteiger partial charge >= 0.3 is 5.97 Å². The van der Waals surface area contributed by atoms with Gasteiger partial charge in [-0.3, -0.25) is 4.57 Å². The highest BCUT2D eigenvalue weighted by Gasteiger charge is 2.28. The van der Waals surface area contributed by atoms with Crippen molar-refractivity contribution in [2.24, 2.45) is 5.92 Å². The van der Waals surface area contributed by atoms with Crippen molar-refractivity contribution >= 4 is 13.3 Å². The van der Waals surface area contributed by atoms with Crippen LogP contribution in [-0.2, 0) is 28.1 Å². The molecular weight excluding hydrogens is 367 g/mol. The van der Waals surface area contributed by atoms with E-state index in [1.165, 1.54) is 19.3 Å². The van der Waals surface area contributed by atoms with Gasteiger partial charge in [0.1, 0.15) is 6.79 Å². The highest BCUT2D eigenvalue weighted by atomic mass is 31.2. The summed E-state index contributed by atoms with van der Waals surface area (Å²) < 4.78 is 34.3. The number of methoxy groups -OCH3 is 1. The number of unbranched alkanes of at least 4 members (excludes halogenated alkanes) is 1. The third kappa shape index (κ3) is 10.4. The summed E-state index contributed by atoms with van der Waals surface area (Å²) in [6.45, 7) is 5.14. The molecule has 7 heteroatoms. The van der Waals surface area contributed by atoms with Crippen molar-refractivity contribution in [2.45, 2.75) is 58.8 Å². The van der Waals surface area contributed by atoms with Crippen LogP contribution in [0.5, 0.6) is 0 Å². The van der Waals surface area contributed by atoms with Crippen molar-refractivity contribution in [1.82, 2.24) is 0 Å². The number of hydrogen-bond acceptors (Lipinski definition) is 6. The van der Waals surface area contributed by atoms with Crippen molar-refractivity contribution in [3.63, 3.8) is 0 Å². The molecule has 0 amide bonds. The van der Waals surface area contributed by atoms with E-state index in [0.717, 1.165) is 25.7 Å². The lowest BCUT2D eigenvalue weighted by Crippen LogP contribution is -2.16. The van der Waals surface area contributed by atoms with Gasteiger partial charge in [0, 0.05) is 25.5 Å². The number of rotatable bonds is 14. The molecule has 158 valence electrons. The Morgan fingerprint density at radius 1 is 1.11 bits per heavy atom. The molecule has 1 atom stereocenters. The van der Waals surface area contributed by atoms with Gasteiger partial charge < -0.3 is 18.7 Å². The van der Waals surface area contributed by atoms with Crippen LogP contribution in [-0.4, -0.2) is 52.0 Å². The lowest BCUT2D eigenvalue weighted by molar-refractivity contribution is -0.138. The fraction of sp³-hybridized carbons (Fsp3) is 0.850. The Labute approximate surface area is 164 Å². The topological polar surface area (TPSA) is 71.1 Å². The van der Waals surface area contributed by atoms with Gasteiger partial charge in [0.15, 0.2) is 0 Å². The summed E-state index contributed by atoms with van der Waals surface area (Å²) in [6.07, 6.45) is 9.89. The minimum atomic E-state index is -2.93. The van der Waals surface area contributed by atoms with Crippen LogP contribution in [0.25, 0.3) is 0 Å². The first-order valence-corrected chi connectivity index (χ1v) is 12.2. The number of carbonyl (C=O) groups is 1. The zero-order valence-corrected chi connectivity index (χ0v) is 18.1. The normalized spacial score (nSPS) is 18.3. The van der Waals surface area contributed by atoms with Gasteiger partial charge in [-0.05, 0) is 45.4 Å². The van der Waals surface area contributed by atoms with Crippen LogP contribution in [0.2, 0.25) is 0 Å². The van der Waals surface area contributed by atoms with Crippen LogP contribution < -0.4 is 0 Å². The summed E-state index contributed by atoms with van der Waals surface area (Å²) in [7, 11) is -1.35. The predicted molar refractivity (Wildman–Crippen MR) is 107 cm³/mol. The summed E-state index contributed by atoms with van der Waals surface area (Å²) in [5, 5.41) is 0. The van der Waals surface area contributed by atoms with Gasteiger partial charge in [-0.25, -0.2) is 4.79 Å². The monoisotopic (exact) mass is 404 g/mol. The van der Waals surface area contributed by atoms with E-state index in [-0.39, 0.29) is 18.9 Å². The SMILES string of the molecule is CCOC(=O)/C(=C/C1CCCCC1)CP(=O)(CCCCOCOC)OCC. The van der Waals surface area contributed by atoms with Crippen LogP contribution in [0.1, 0.15) is 58.8 Å². The average molecular weight is 404 g/mol. The van der Waals surface area contributed by atoms with E-state index in [0.29, 0.717) is 37.5 Å². The molecule has 0 aliphatic heterocycles. The standard InChI is InChI=1S/C20H37O6P/c1-4-25-20(21)19(15-18-11-7-6-8-12-18)16-27(22,26-5-2)14-10-9-13-24-17-23-3/h15,18H,4-14,16-17H2,1-3H3/b19-15+. The lowest BCUT2D eigenvalue weighted by Gasteiger charge is -2.22. The van der Waals surface area contributed by atoms with Crippen molar-refractivity contribution in [2.75, 3.05) is 46.0 Å². The molecule has 1 rings (SSSR count). The molecule has 0 saturated heterocycles. The van der Waals surface area contributed by atoms with E-state index < -0.39 is 7.37 Å². The Bertz CT molecular complexity index is 485. The Kier molecular flexibility index (Phi) is 12.9. The fourth-order valence-corrected chi connectivity index (χ4v) is 5.69. The number of carbonyl (C=O) groups excluding carboxylic acids is 1. The third-order valence-corrected chi connectivity index (χ3v) is 7.19. The zero-order valence-electron chi connectivity index (χ0n) is 17.2. The smallest absolute Gasteiger partial charge is 0.334 e. The van der Waals surface area contributed by atoms with Crippen molar-refractivity contribution in [3.05, 3.63) is 11.6 Å². The van der Waals surface area contributed by atoms with Crippen LogP contribution >= 0.6 is 7.37 Å². The van der Waals surface area contributed by atoms with Crippen molar-refractivity contribution in [3.8, 4) is 0 Å². The largest absolute Gasteiger partial charge is 0.463 e. The molecule has 27 heavy (non-hydrogen) atoms. The van der Waals surface area contributed by atoms with E-state index in [1.54, 1.807) is 14.0 Å². The Balaban J connectivity index is 2.73. The number of hydrogen-bond donors (Lipinski definition) is 0. The van der Waals surface area contributed by atoms with Crippen LogP contribution in [0.3, 0.4) is 0 Å². The van der Waals surface area contributed by atoms with E-state index in [9.17, 15) is 9.36 Å². The molecule has 0 aromatic rings. The zero-order chi connectivity index (χ0) is 20.0. The van der Waals surface area contributed by atoms with Gasteiger partial charge in [0.2, 0.25) is 7.37 Å². The van der Waals surface area contributed by atoms with Gasteiger partial charge in [0.05, 0.1) is 19.4 Å². The second kappa shape index (κ2) is 14.3. The van der Waals surface area contributed by atoms with Crippen LogP contribution in [0.4, 0.5) is 0 Å². The van der Waals surface area contributed by atoms with Crippen molar-refractivity contribution in [1.29, 1.82) is 0 Å². The summed E-state index contributed by atoms with van der Waals surface area (Å²) in [5.41, 5.74) is 0.524. The molecule has 0 heterocycles. The highest BCUT2D eigenvalue weighted by molar-refractivity contribution is 7.59. The van der Waals surface area contributed by atoms with Crippen LogP contribution in [0, 0.1) is 5.92 Å². The molecule has 1 fully saturated rings. The first kappa shape index (κ1) is 24.4. The molecule has 0 radical (unpaired) electrons. The summed E-state index contributed by atoms with van der Waals surface area (Å²) in [5.74, 6) is 0.0158. The van der Waals surface area contributed by atoms with E-state index in [1.807, 2.05) is 13.0 Å². The molecule has 0 aromatic carbocycles. The molecule has 0 aromatic heterocycles. The van der Waals surface area contributed by atoms with Crippen molar-refractivity contribution < 1.29 is 28.1 Å². The maximum Gasteiger partial charge on any atom is 0.334 e. The third-order valence-electron chi connectivity index (χ3n) is 4.64. The molecule has 0 bridgehead atoms. The average Bonchev–Trinajstić information content (AvgIpc) is 2.65. The van der Waals surface area contributed by atoms with Gasteiger partial charge in [-0.1, -0.05) is 25.3 Å². The number of ether oxygens (including phenoxy) is 3. The van der Waals surface area contributed by atoms with Gasteiger partial charge in [-0.15, -0.1) is 0 Å². The van der Waals surface area contributed by atoms with E-state index in [4.69, 9.17) is 18.7 Å². The molecule has 1 unspecified atom stereocenters. The predicted octanol–water partition coefficient (Wildman–Crippen LogP) is 4.77. The maximum atomic E-state index is 13.3. The Morgan fingerprint density at radius 2 is 1.85 bits per heavy atom. The Morgan fingerprint density at radius 3 is 2.48 bits per heavy atom. The molecular formula is C20H37O6P. The quantitative estimate of drug-likeness (QED) is 0.137. The second-order valence-corrected chi connectivity index (χ2v) is 9.60. The minimum Gasteiger partial charge on any atom is -0.463 e. The van der Waals surface area contributed by atoms with Gasteiger partial charge in [0.25, 0.3) is 0 Å². The fourth-order valence-electron chi connectivity index (χ4n) is 3.38. The second-order valence-electron chi connectivity index (χ2n) is 6.95. The van der Waals surface area contributed by atoms with Crippen LogP contribution in [0.15, 0.2) is 11.6 Å². The van der Waals surface area contributed by atoms with E-state index >= 15 is 0 Å². The molecule has 0 N–H and O–H groups in total. The molecule has 0 spiro atoms. The van der Waals surface area contributed by atoms with E-state index in [2.05, 4.69) is 0 Å². The summed E-state index contributed by atoms with van der Waals surface area (Å²) in [6, 6.07) is 0. The maximum absolute atomic E-state index is 13.3. The molecule has 6 nitrogen and oxygen atoms in total. The molecule has 1 aliphatic carbocycles. The molecule has 1 aliphatic rings. The first-order valence-electron chi connectivity index (χ1n) is 10.2. The summed E-state index contributed by atoms with van der Waals surface area (Å²) in [4.78, 5) is 12.4. The minimum absolute atomic E-state index is 0.162. The number of esters is 1. The molecule has 1 saturated carbocycles. The first-order chi connectivity index (χ1) is 13.0. The number of allylic oxidation sites excluding steroid dienone is 1. The summed E-state index contributed by atoms with van der Waals surface area (Å²) >= 11 is 0. The highest BCUT2D eigenvalue weighted by Crippen LogP contribution is 2.49.